The number of nitrogens with one attached hydrogen (secondary N) is 1. The zero-order chi connectivity index (χ0) is 14.8. The molecule has 1 N–H and O–H groups in total. The van der Waals surface area contributed by atoms with E-state index >= 15 is 0 Å². The van der Waals surface area contributed by atoms with E-state index < -0.39 is 15.8 Å². The first-order valence-electron chi connectivity index (χ1n) is 5.87. The Morgan fingerprint density at radius 2 is 1.80 bits per heavy atom. The van der Waals surface area contributed by atoms with Gasteiger partial charge in [-0.25, -0.2) is 12.8 Å². The molecular weight excluding hydrogens is 301 g/mol. The summed E-state index contributed by atoms with van der Waals surface area (Å²) in [5.41, 5.74) is 1.24. The van der Waals surface area contributed by atoms with Crippen LogP contribution in [0.25, 0.3) is 0 Å². The molecule has 2 rings (SSSR count). The van der Waals surface area contributed by atoms with E-state index in [4.69, 9.17) is 11.6 Å². The molecule has 2 aromatic rings. The average Bonchev–Trinajstić information content (AvgIpc) is 2.39. The number of benzene rings is 2. The van der Waals surface area contributed by atoms with Gasteiger partial charge in [0.05, 0.1) is 16.5 Å². The minimum Gasteiger partial charge on any atom is -0.279 e. The first-order valence-corrected chi connectivity index (χ1v) is 7.88. The summed E-state index contributed by atoms with van der Waals surface area (Å²) in [6.07, 6.45) is 0. The van der Waals surface area contributed by atoms with E-state index in [9.17, 15) is 12.8 Å². The van der Waals surface area contributed by atoms with Crippen LogP contribution < -0.4 is 4.72 Å². The van der Waals surface area contributed by atoms with Crippen molar-refractivity contribution in [3.05, 3.63) is 59.4 Å². The Hall–Kier alpha value is -1.59. The van der Waals surface area contributed by atoms with Crippen LogP contribution in [-0.4, -0.2) is 8.42 Å². The molecule has 0 atom stereocenters. The molecule has 0 radical (unpaired) electrons. The number of sulfonamides is 1. The summed E-state index contributed by atoms with van der Waals surface area (Å²) in [5.74, 6) is -0.651. The van der Waals surface area contributed by atoms with E-state index in [1.807, 2.05) is 6.92 Å². The topological polar surface area (TPSA) is 46.2 Å². The maximum Gasteiger partial charge on any atom is 0.261 e. The molecule has 0 aliphatic carbocycles. The molecular formula is C14H13ClFNO2S. The number of rotatable bonds is 4. The van der Waals surface area contributed by atoms with Crippen molar-refractivity contribution in [3.8, 4) is 0 Å². The molecule has 0 unspecified atom stereocenters. The van der Waals surface area contributed by atoms with E-state index in [1.165, 1.54) is 30.3 Å². The number of halogens is 2. The molecule has 0 aliphatic rings. The maximum absolute atomic E-state index is 13.6. The summed E-state index contributed by atoms with van der Waals surface area (Å²) in [4.78, 5) is 0.118. The lowest BCUT2D eigenvalue weighted by Crippen LogP contribution is -2.14. The van der Waals surface area contributed by atoms with Crippen LogP contribution in [0.4, 0.5) is 10.1 Å². The molecule has 0 aliphatic heterocycles. The van der Waals surface area contributed by atoms with E-state index in [0.29, 0.717) is 0 Å². The van der Waals surface area contributed by atoms with Crippen LogP contribution in [-0.2, 0) is 15.9 Å². The van der Waals surface area contributed by atoms with E-state index in [1.54, 1.807) is 12.1 Å². The highest BCUT2D eigenvalue weighted by molar-refractivity contribution is 7.92. The van der Waals surface area contributed by atoms with Gasteiger partial charge in [0, 0.05) is 5.56 Å². The lowest BCUT2D eigenvalue weighted by atomic mass is 10.2. The number of hydrogen-bond donors (Lipinski definition) is 1. The van der Waals surface area contributed by atoms with Gasteiger partial charge in [0.15, 0.2) is 0 Å². The highest BCUT2D eigenvalue weighted by Gasteiger charge is 2.17. The average molecular weight is 314 g/mol. The molecule has 3 nitrogen and oxygen atoms in total. The van der Waals surface area contributed by atoms with Crippen LogP contribution in [0.3, 0.4) is 0 Å². The molecule has 20 heavy (non-hydrogen) atoms. The van der Waals surface area contributed by atoms with Gasteiger partial charge in [-0.2, -0.15) is 0 Å². The van der Waals surface area contributed by atoms with Crippen LogP contribution in [0, 0.1) is 12.7 Å². The van der Waals surface area contributed by atoms with Gasteiger partial charge in [0.2, 0.25) is 0 Å². The van der Waals surface area contributed by atoms with Gasteiger partial charge in [-0.1, -0.05) is 23.8 Å². The van der Waals surface area contributed by atoms with Gasteiger partial charge in [0.25, 0.3) is 10.0 Å². The maximum atomic E-state index is 13.6. The smallest absolute Gasteiger partial charge is 0.261 e. The molecule has 0 saturated heterocycles. The van der Waals surface area contributed by atoms with Crippen molar-refractivity contribution in [3.63, 3.8) is 0 Å². The largest absolute Gasteiger partial charge is 0.279 e. The van der Waals surface area contributed by atoms with Crippen molar-refractivity contribution in [1.29, 1.82) is 0 Å². The molecule has 0 saturated carbocycles. The molecule has 0 spiro atoms. The molecule has 0 fully saturated rings. The van der Waals surface area contributed by atoms with Crippen LogP contribution in [0.2, 0.25) is 0 Å². The minimum atomic E-state index is -3.75. The standard InChI is InChI=1S/C14H13ClFNO2S/c1-10-5-7-11(8-6-10)20(18,19)17-14-4-2-3-13(16)12(14)9-15/h2-8,17H,9H2,1H3. The molecule has 0 heterocycles. The number of alkyl halides is 1. The van der Waals surface area contributed by atoms with Crippen molar-refractivity contribution < 1.29 is 12.8 Å². The third kappa shape index (κ3) is 3.11. The SMILES string of the molecule is Cc1ccc(S(=O)(=O)Nc2cccc(F)c2CCl)cc1. The van der Waals surface area contributed by atoms with Crippen molar-refractivity contribution >= 4 is 27.3 Å². The quantitative estimate of drug-likeness (QED) is 0.875. The van der Waals surface area contributed by atoms with E-state index in [-0.39, 0.29) is 22.0 Å². The molecule has 2 aromatic carbocycles. The van der Waals surface area contributed by atoms with Gasteiger partial charge in [-0.05, 0) is 31.2 Å². The van der Waals surface area contributed by atoms with Crippen LogP contribution in [0.1, 0.15) is 11.1 Å². The Morgan fingerprint density at radius 1 is 1.15 bits per heavy atom. The van der Waals surface area contributed by atoms with Gasteiger partial charge in [-0.3, -0.25) is 4.72 Å². The Labute approximate surface area is 122 Å². The van der Waals surface area contributed by atoms with Gasteiger partial charge < -0.3 is 0 Å². The fraction of sp³-hybridized carbons (Fsp3) is 0.143. The van der Waals surface area contributed by atoms with Crippen molar-refractivity contribution in [2.75, 3.05) is 4.72 Å². The van der Waals surface area contributed by atoms with Crippen molar-refractivity contribution in [2.45, 2.75) is 17.7 Å². The fourth-order valence-electron chi connectivity index (χ4n) is 1.71. The second-order valence-electron chi connectivity index (χ2n) is 4.32. The first kappa shape index (κ1) is 14.8. The third-order valence-electron chi connectivity index (χ3n) is 2.83. The van der Waals surface area contributed by atoms with Crippen LogP contribution >= 0.6 is 11.6 Å². The summed E-state index contributed by atoms with van der Waals surface area (Å²) in [6, 6.07) is 10.5. The molecule has 0 aromatic heterocycles. The second-order valence-corrected chi connectivity index (χ2v) is 6.27. The summed E-state index contributed by atoms with van der Waals surface area (Å²) >= 11 is 5.66. The highest BCUT2D eigenvalue weighted by atomic mass is 35.5. The zero-order valence-corrected chi connectivity index (χ0v) is 12.3. The van der Waals surface area contributed by atoms with Gasteiger partial charge in [-0.15, -0.1) is 11.6 Å². The zero-order valence-electron chi connectivity index (χ0n) is 10.7. The van der Waals surface area contributed by atoms with Crippen molar-refractivity contribution in [1.82, 2.24) is 0 Å². The van der Waals surface area contributed by atoms with E-state index in [0.717, 1.165) is 5.56 Å². The Morgan fingerprint density at radius 3 is 2.40 bits per heavy atom. The molecule has 0 amide bonds. The summed E-state index contributed by atoms with van der Waals surface area (Å²) < 4.78 is 40.4. The lowest BCUT2D eigenvalue weighted by Gasteiger charge is -2.12. The predicted octanol–water partition coefficient (Wildman–Crippen LogP) is 3.67. The Kier molecular flexibility index (Phi) is 4.30. The first-order chi connectivity index (χ1) is 9.44. The summed E-state index contributed by atoms with van der Waals surface area (Å²) in [6.45, 7) is 1.86. The monoisotopic (exact) mass is 313 g/mol. The highest BCUT2D eigenvalue weighted by Crippen LogP contribution is 2.24. The van der Waals surface area contributed by atoms with Crippen LogP contribution in [0.5, 0.6) is 0 Å². The number of anilines is 1. The number of hydrogen-bond acceptors (Lipinski definition) is 2. The van der Waals surface area contributed by atoms with Gasteiger partial charge in [0.1, 0.15) is 5.82 Å². The molecule has 106 valence electrons. The lowest BCUT2D eigenvalue weighted by molar-refractivity contribution is 0.600. The number of aryl methyl sites for hydroxylation is 1. The van der Waals surface area contributed by atoms with Crippen LogP contribution in [0.15, 0.2) is 47.4 Å². The normalized spacial score (nSPS) is 11.3. The predicted molar refractivity (Wildman–Crippen MR) is 77.9 cm³/mol. The van der Waals surface area contributed by atoms with Crippen molar-refractivity contribution in [2.24, 2.45) is 0 Å². The summed E-state index contributed by atoms with van der Waals surface area (Å²) in [7, 11) is -3.75. The van der Waals surface area contributed by atoms with Gasteiger partial charge >= 0.3 is 0 Å². The Bertz CT molecular complexity index is 714. The van der Waals surface area contributed by atoms with E-state index in [2.05, 4.69) is 4.72 Å². The summed E-state index contributed by atoms with van der Waals surface area (Å²) in [5, 5.41) is 0. The minimum absolute atomic E-state index is 0.113. The Balaban J connectivity index is 2.38. The second kappa shape index (κ2) is 5.81. The molecule has 6 heteroatoms. The third-order valence-corrected chi connectivity index (χ3v) is 4.48. The molecule has 0 bridgehead atoms. The fourth-order valence-corrected chi connectivity index (χ4v) is 3.08.